The van der Waals surface area contributed by atoms with Crippen LogP contribution in [0.3, 0.4) is 0 Å². The molecule has 0 nitrogen and oxygen atoms in total. The van der Waals surface area contributed by atoms with Crippen LogP contribution in [0.1, 0.15) is 79.0 Å². The minimum absolute atomic E-state index is 0.340. The lowest BCUT2D eigenvalue weighted by molar-refractivity contribution is 0.390. The average molecular weight is 289 g/mol. The fourth-order valence-corrected chi connectivity index (χ4v) is 2.88. The Labute approximate surface area is 133 Å². The van der Waals surface area contributed by atoms with Crippen molar-refractivity contribution in [1.29, 1.82) is 0 Å². The Hall–Kier alpha value is -0.780. The Morgan fingerprint density at radius 3 is 1.43 bits per heavy atom. The van der Waals surface area contributed by atoms with Gasteiger partial charge in [0.15, 0.2) is 0 Å². The van der Waals surface area contributed by atoms with Crippen LogP contribution < -0.4 is 0 Å². The molecule has 0 atom stereocenters. The lowest BCUT2D eigenvalue weighted by Gasteiger charge is -2.26. The minimum Gasteiger partial charge on any atom is -0.0599 e. The quantitative estimate of drug-likeness (QED) is 0.599. The molecule has 0 heterocycles. The van der Waals surface area contributed by atoms with E-state index in [1.165, 1.54) is 11.1 Å². The van der Waals surface area contributed by atoms with Crippen LogP contribution in [0.25, 0.3) is 0 Å². The van der Waals surface area contributed by atoms with Crippen molar-refractivity contribution < 1.29 is 0 Å². The topological polar surface area (TPSA) is 0 Å². The molecule has 0 bridgehead atoms. The Kier molecular flexibility index (Phi) is 5.35. The molecular weight excluding hydrogens is 252 g/mol. The van der Waals surface area contributed by atoms with Gasteiger partial charge < -0.3 is 0 Å². The van der Waals surface area contributed by atoms with Gasteiger partial charge in [-0.1, -0.05) is 80.5 Å². The molecule has 0 spiro atoms. The second-order valence-electron chi connectivity index (χ2n) is 10.3. The van der Waals surface area contributed by atoms with Gasteiger partial charge in [0, 0.05) is 0 Å². The smallest absolute Gasteiger partial charge is 0.0227 e. The second-order valence-corrected chi connectivity index (χ2v) is 10.3. The van der Waals surface area contributed by atoms with Crippen molar-refractivity contribution in [3.05, 3.63) is 34.9 Å². The highest BCUT2D eigenvalue weighted by molar-refractivity contribution is 5.34. The van der Waals surface area contributed by atoms with Crippen molar-refractivity contribution in [2.75, 3.05) is 0 Å². The molecule has 0 aromatic heterocycles. The summed E-state index contributed by atoms with van der Waals surface area (Å²) in [5.41, 5.74) is 5.61. The molecule has 1 aromatic carbocycles. The van der Waals surface area contributed by atoms with Gasteiger partial charge in [-0.25, -0.2) is 0 Å². The number of benzene rings is 1. The molecule has 0 heteroatoms. The predicted molar refractivity (Wildman–Crippen MR) is 95.9 cm³/mol. The summed E-state index contributed by atoms with van der Waals surface area (Å²) in [7, 11) is 0. The zero-order chi connectivity index (χ0) is 16.5. The van der Waals surface area contributed by atoms with E-state index < -0.39 is 0 Å². The molecule has 0 aliphatic carbocycles. The van der Waals surface area contributed by atoms with Crippen molar-refractivity contribution in [2.24, 2.45) is 16.2 Å². The van der Waals surface area contributed by atoms with E-state index in [2.05, 4.69) is 80.5 Å². The summed E-state index contributed by atoms with van der Waals surface area (Å²) in [6.45, 7) is 21.0. The Bertz CT molecular complexity index is 458. The molecule has 0 saturated heterocycles. The maximum absolute atomic E-state index is 2.47. The lowest BCUT2D eigenvalue weighted by atomic mass is 9.79. The predicted octanol–water partition coefficient (Wildman–Crippen LogP) is 6.45. The van der Waals surface area contributed by atoms with E-state index in [4.69, 9.17) is 0 Å². The van der Waals surface area contributed by atoms with Crippen LogP contribution in [0.4, 0.5) is 0 Å². The first-order chi connectivity index (χ1) is 9.25. The normalized spacial score (nSPS) is 13.6. The van der Waals surface area contributed by atoms with E-state index in [0.717, 1.165) is 19.3 Å². The van der Waals surface area contributed by atoms with Gasteiger partial charge in [-0.15, -0.1) is 0 Å². The zero-order valence-electron chi connectivity index (χ0n) is 15.9. The molecule has 0 amide bonds. The maximum atomic E-state index is 2.47. The number of rotatable bonds is 3. The Morgan fingerprint density at radius 1 is 0.571 bits per heavy atom. The number of hydrogen-bond acceptors (Lipinski definition) is 0. The first kappa shape index (κ1) is 18.3. The molecule has 0 saturated carbocycles. The van der Waals surface area contributed by atoms with Crippen molar-refractivity contribution in [3.8, 4) is 0 Å². The van der Waals surface area contributed by atoms with E-state index in [-0.39, 0.29) is 0 Å². The third-order valence-electron chi connectivity index (χ3n) is 3.45. The van der Waals surface area contributed by atoms with Crippen molar-refractivity contribution in [2.45, 2.75) is 81.6 Å². The van der Waals surface area contributed by atoms with Crippen LogP contribution in [0.2, 0.25) is 0 Å². The molecule has 0 N–H and O–H groups in total. The summed E-state index contributed by atoms with van der Waals surface area (Å²) in [5, 5.41) is 0. The first-order valence-corrected chi connectivity index (χ1v) is 8.36. The molecule has 1 aromatic rings. The summed E-state index contributed by atoms with van der Waals surface area (Å²) in [4.78, 5) is 0. The Morgan fingerprint density at radius 2 is 1.00 bits per heavy atom. The summed E-state index contributed by atoms with van der Waals surface area (Å²) >= 11 is 0. The van der Waals surface area contributed by atoms with Gasteiger partial charge in [-0.3, -0.25) is 0 Å². The minimum atomic E-state index is 0.340. The highest BCUT2D eigenvalue weighted by Crippen LogP contribution is 2.30. The fourth-order valence-electron chi connectivity index (χ4n) is 2.88. The standard InChI is InChI=1S/C21H36/c1-19(2,3)13-16-10-11-17(14-20(4,5)6)18(12-16)15-21(7,8)9/h10-12H,13-15H2,1-9H3. The van der Waals surface area contributed by atoms with Gasteiger partial charge in [0.25, 0.3) is 0 Å². The van der Waals surface area contributed by atoms with Gasteiger partial charge in [0.05, 0.1) is 0 Å². The van der Waals surface area contributed by atoms with E-state index in [0.29, 0.717) is 16.2 Å². The maximum Gasteiger partial charge on any atom is -0.0227 e. The second kappa shape index (κ2) is 6.15. The van der Waals surface area contributed by atoms with Crippen LogP contribution in [0.15, 0.2) is 18.2 Å². The van der Waals surface area contributed by atoms with Gasteiger partial charge in [0.2, 0.25) is 0 Å². The highest BCUT2D eigenvalue weighted by atomic mass is 14.2. The number of hydrogen-bond donors (Lipinski definition) is 0. The van der Waals surface area contributed by atoms with E-state index in [1.54, 1.807) is 5.56 Å². The van der Waals surface area contributed by atoms with Crippen LogP contribution >= 0.6 is 0 Å². The third-order valence-corrected chi connectivity index (χ3v) is 3.45. The molecular formula is C21H36. The van der Waals surface area contributed by atoms with Crippen molar-refractivity contribution in [1.82, 2.24) is 0 Å². The summed E-state index contributed by atoms with van der Waals surface area (Å²) in [5.74, 6) is 0. The van der Waals surface area contributed by atoms with Gasteiger partial charge in [-0.05, 0) is 52.2 Å². The van der Waals surface area contributed by atoms with Crippen LogP contribution in [0, 0.1) is 16.2 Å². The van der Waals surface area contributed by atoms with E-state index >= 15 is 0 Å². The monoisotopic (exact) mass is 288 g/mol. The van der Waals surface area contributed by atoms with Gasteiger partial charge in [0.1, 0.15) is 0 Å². The SMILES string of the molecule is CC(C)(C)Cc1ccc(CC(C)(C)C)c(CC(C)(C)C)c1. The Balaban J connectivity index is 3.14. The molecule has 1 rings (SSSR count). The fraction of sp³-hybridized carbons (Fsp3) is 0.714. The van der Waals surface area contributed by atoms with Gasteiger partial charge in [-0.2, -0.15) is 0 Å². The molecule has 0 aliphatic rings. The molecule has 0 fully saturated rings. The molecule has 0 aliphatic heterocycles. The zero-order valence-corrected chi connectivity index (χ0v) is 15.9. The molecule has 120 valence electrons. The first-order valence-electron chi connectivity index (χ1n) is 8.36. The summed E-state index contributed by atoms with van der Waals surface area (Å²) < 4.78 is 0. The van der Waals surface area contributed by atoms with Crippen LogP contribution in [0.5, 0.6) is 0 Å². The largest absolute Gasteiger partial charge is 0.0599 e. The average Bonchev–Trinajstić information content (AvgIpc) is 2.15. The summed E-state index contributed by atoms with van der Waals surface area (Å²) in [6, 6.07) is 7.20. The highest BCUT2D eigenvalue weighted by Gasteiger charge is 2.19. The molecule has 0 radical (unpaired) electrons. The third kappa shape index (κ3) is 7.69. The van der Waals surface area contributed by atoms with Gasteiger partial charge >= 0.3 is 0 Å². The van der Waals surface area contributed by atoms with E-state index in [9.17, 15) is 0 Å². The lowest BCUT2D eigenvalue weighted by Crippen LogP contribution is -2.16. The summed E-state index contributed by atoms with van der Waals surface area (Å²) in [6.07, 6.45) is 3.48. The van der Waals surface area contributed by atoms with Crippen molar-refractivity contribution in [3.63, 3.8) is 0 Å². The molecule has 0 unspecified atom stereocenters. The van der Waals surface area contributed by atoms with Crippen molar-refractivity contribution >= 4 is 0 Å². The van der Waals surface area contributed by atoms with Crippen LogP contribution in [-0.4, -0.2) is 0 Å². The molecule has 21 heavy (non-hydrogen) atoms. The van der Waals surface area contributed by atoms with E-state index in [1.807, 2.05) is 0 Å². The van der Waals surface area contributed by atoms with Crippen LogP contribution in [-0.2, 0) is 19.3 Å².